The van der Waals surface area contributed by atoms with E-state index in [0.717, 1.165) is 29.7 Å². The summed E-state index contributed by atoms with van der Waals surface area (Å²) in [4.78, 5) is 19.2. The Hall–Kier alpha value is -3.23. The number of carbonyl (C=O) groups excluding carboxylic acids is 1. The highest BCUT2D eigenvalue weighted by Crippen LogP contribution is 2.36. The zero-order valence-corrected chi connectivity index (χ0v) is 18.5. The maximum atomic E-state index is 13.3. The molecule has 0 fully saturated rings. The highest BCUT2D eigenvalue weighted by Gasteiger charge is 2.38. The molecule has 2 aromatic carbocycles. The van der Waals surface area contributed by atoms with Gasteiger partial charge in [-0.25, -0.2) is 13.4 Å². The molecule has 0 spiro atoms. The molecule has 1 amide bonds. The Morgan fingerprint density at radius 1 is 1.09 bits per heavy atom. The van der Waals surface area contributed by atoms with Gasteiger partial charge in [0, 0.05) is 11.9 Å². The molecule has 3 aromatic rings. The number of hydrogen-bond acceptors (Lipinski definition) is 5. The number of aromatic nitrogens is 1. The van der Waals surface area contributed by atoms with Crippen molar-refractivity contribution < 1.29 is 13.2 Å². The summed E-state index contributed by atoms with van der Waals surface area (Å²) < 4.78 is 27.8. The number of anilines is 2. The lowest BCUT2D eigenvalue weighted by Gasteiger charge is -2.36. The molecule has 164 valence electrons. The maximum Gasteiger partial charge on any atom is 0.248 e. The van der Waals surface area contributed by atoms with Crippen molar-refractivity contribution in [2.75, 3.05) is 18.1 Å². The Morgan fingerprint density at radius 3 is 2.69 bits per heavy atom. The van der Waals surface area contributed by atoms with E-state index in [1.165, 1.54) is 15.9 Å². The second kappa shape index (κ2) is 8.03. The fraction of sp³-hybridized carbons (Fsp3) is 0.250. The van der Waals surface area contributed by atoms with Gasteiger partial charge in [0.2, 0.25) is 15.9 Å². The van der Waals surface area contributed by atoms with E-state index < -0.39 is 10.0 Å². The summed E-state index contributed by atoms with van der Waals surface area (Å²) in [6.45, 7) is 1.76. The van der Waals surface area contributed by atoms with Crippen LogP contribution in [0.3, 0.4) is 0 Å². The van der Waals surface area contributed by atoms with Gasteiger partial charge in [-0.05, 0) is 55.2 Å². The number of nitrogens with zero attached hydrogens (tertiary/aromatic N) is 3. The molecule has 1 unspecified atom stereocenters. The van der Waals surface area contributed by atoms with Crippen molar-refractivity contribution in [3.8, 4) is 0 Å². The summed E-state index contributed by atoms with van der Waals surface area (Å²) in [6.07, 6.45) is 3.30. The molecule has 0 saturated heterocycles. The van der Waals surface area contributed by atoms with Crippen LogP contribution in [0, 0.1) is 6.92 Å². The van der Waals surface area contributed by atoms with E-state index in [1.807, 2.05) is 54.3 Å². The summed E-state index contributed by atoms with van der Waals surface area (Å²) in [5, 5.41) is 3.03. The average molecular weight is 449 g/mol. The SMILES string of the molecule is Cc1ccc(N2CN(CC(=O)NC3CCc4ccccc43)S(=O)(=O)c3cccnc32)cc1. The fourth-order valence-electron chi connectivity index (χ4n) is 4.40. The van der Waals surface area contributed by atoms with Gasteiger partial charge in [0.15, 0.2) is 5.82 Å². The van der Waals surface area contributed by atoms with Crippen molar-refractivity contribution in [3.63, 3.8) is 0 Å². The first kappa shape index (κ1) is 20.7. The van der Waals surface area contributed by atoms with Crippen LogP contribution < -0.4 is 10.2 Å². The molecule has 1 aliphatic carbocycles. The molecule has 32 heavy (non-hydrogen) atoms. The summed E-state index contributed by atoms with van der Waals surface area (Å²) >= 11 is 0. The predicted molar refractivity (Wildman–Crippen MR) is 122 cm³/mol. The van der Waals surface area contributed by atoms with Crippen molar-refractivity contribution >= 4 is 27.4 Å². The molecule has 5 rings (SSSR count). The molecular weight excluding hydrogens is 424 g/mol. The van der Waals surface area contributed by atoms with Gasteiger partial charge in [-0.2, -0.15) is 4.31 Å². The largest absolute Gasteiger partial charge is 0.348 e. The predicted octanol–water partition coefficient (Wildman–Crippen LogP) is 3.29. The van der Waals surface area contributed by atoms with E-state index in [4.69, 9.17) is 0 Å². The van der Waals surface area contributed by atoms with E-state index in [9.17, 15) is 13.2 Å². The number of rotatable bonds is 4. The number of sulfonamides is 1. The third-order valence-corrected chi connectivity index (χ3v) is 7.86. The van der Waals surface area contributed by atoms with E-state index >= 15 is 0 Å². The van der Waals surface area contributed by atoms with Crippen LogP contribution in [-0.2, 0) is 21.2 Å². The van der Waals surface area contributed by atoms with Crippen molar-refractivity contribution in [2.24, 2.45) is 0 Å². The molecule has 0 radical (unpaired) electrons. The zero-order chi connectivity index (χ0) is 22.3. The van der Waals surface area contributed by atoms with Crippen LogP contribution in [0.4, 0.5) is 11.5 Å². The highest BCUT2D eigenvalue weighted by atomic mass is 32.2. The first-order valence-corrected chi connectivity index (χ1v) is 12.0. The maximum absolute atomic E-state index is 13.3. The zero-order valence-electron chi connectivity index (χ0n) is 17.7. The molecule has 0 saturated carbocycles. The van der Waals surface area contributed by atoms with Gasteiger partial charge >= 0.3 is 0 Å². The van der Waals surface area contributed by atoms with Crippen LogP contribution in [0.1, 0.15) is 29.2 Å². The van der Waals surface area contributed by atoms with Crippen LogP contribution >= 0.6 is 0 Å². The smallest absolute Gasteiger partial charge is 0.248 e. The number of hydrogen-bond donors (Lipinski definition) is 1. The molecule has 7 nitrogen and oxygen atoms in total. The molecule has 0 bridgehead atoms. The summed E-state index contributed by atoms with van der Waals surface area (Å²) in [6, 6.07) is 18.9. The van der Waals surface area contributed by atoms with Gasteiger partial charge in [0.05, 0.1) is 19.3 Å². The lowest BCUT2D eigenvalue weighted by Crippen LogP contribution is -2.49. The Morgan fingerprint density at radius 2 is 1.88 bits per heavy atom. The molecule has 2 heterocycles. The number of fused-ring (bicyclic) bond motifs is 2. The van der Waals surface area contributed by atoms with E-state index in [2.05, 4.69) is 16.4 Å². The van der Waals surface area contributed by atoms with E-state index in [1.54, 1.807) is 12.3 Å². The normalized spacial score (nSPS) is 19.3. The number of amides is 1. The second-order valence-corrected chi connectivity index (χ2v) is 10.1. The molecule has 1 atom stereocenters. The standard InChI is InChI=1S/C24H24N4O3S/c1-17-8-11-19(12-9-17)28-16-27(32(30,31)22-7-4-14-25-24(22)28)15-23(29)26-21-13-10-18-5-2-3-6-20(18)21/h2-9,11-12,14,21H,10,13,15-16H2,1H3,(H,26,29). The van der Waals surface area contributed by atoms with Gasteiger partial charge in [-0.15, -0.1) is 0 Å². The Balaban J connectivity index is 1.41. The lowest BCUT2D eigenvalue weighted by molar-refractivity contribution is -0.122. The van der Waals surface area contributed by atoms with Crippen LogP contribution in [0.25, 0.3) is 0 Å². The minimum atomic E-state index is -3.85. The summed E-state index contributed by atoms with van der Waals surface area (Å²) in [5.74, 6) is 0.0594. The number of aryl methyl sites for hydroxylation is 2. The summed E-state index contributed by atoms with van der Waals surface area (Å²) in [5.41, 5.74) is 4.26. The fourth-order valence-corrected chi connectivity index (χ4v) is 5.87. The molecule has 2 aliphatic rings. The Bertz CT molecular complexity index is 1270. The molecule has 1 N–H and O–H groups in total. The number of pyridine rings is 1. The topological polar surface area (TPSA) is 82.6 Å². The van der Waals surface area contributed by atoms with Crippen LogP contribution in [0.2, 0.25) is 0 Å². The Labute approximate surface area is 187 Å². The average Bonchev–Trinajstić information content (AvgIpc) is 3.19. The van der Waals surface area contributed by atoms with Crippen molar-refractivity contribution in [2.45, 2.75) is 30.7 Å². The number of benzene rings is 2. The van der Waals surface area contributed by atoms with Crippen LogP contribution in [-0.4, -0.2) is 36.8 Å². The third kappa shape index (κ3) is 3.65. The van der Waals surface area contributed by atoms with Gasteiger partial charge in [0.25, 0.3) is 0 Å². The highest BCUT2D eigenvalue weighted by molar-refractivity contribution is 7.89. The van der Waals surface area contributed by atoms with Crippen LogP contribution in [0.5, 0.6) is 0 Å². The van der Waals surface area contributed by atoms with E-state index in [0.29, 0.717) is 5.82 Å². The first-order chi connectivity index (χ1) is 15.4. The van der Waals surface area contributed by atoms with Gasteiger partial charge in [0.1, 0.15) is 4.90 Å². The number of carbonyl (C=O) groups is 1. The Kier molecular flexibility index (Phi) is 5.19. The quantitative estimate of drug-likeness (QED) is 0.662. The molecular formula is C24H24N4O3S. The third-order valence-electron chi connectivity index (χ3n) is 6.06. The first-order valence-electron chi connectivity index (χ1n) is 10.6. The monoisotopic (exact) mass is 448 g/mol. The van der Waals surface area contributed by atoms with Crippen molar-refractivity contribution in [3.05, 3.63) is 83.6 Å². The summed E-state index contributed by atoms with van der Waals surface area (Å²) in [7, 11) is -3.85. The minimum Gasteiger partial charge on any atom is -0.348 e. The van der Waals surface area contributed by atoms with Gasteiger partial charge in [-0.1, -0.05) is 42.0 Å². The van der Waals surface area contributed by atoms with E-state index in [-0.39, 0.29) is 30.1 Å². The van der Waals surface area contributed by atoms with Gasteiger partial charge < -0.3 is 10.2 Å². The number of nitrogens with one attached hydrogen (secondary N) is 1. The van der Waals surface area contributed by atoms with Crippen molar-refractivity contribution in [1.82, 2.24) is 14.6 Å². The van der Waals surface area contributed by atoms with Crippen LogP contribution in [0.15, 0.2) is 71.8 Å². The minimum absolute atomic E-state index is 0.0179. The van der Waals surface area contributed by atoms with Gasteiger partial charge in [-0.3, -0.25) is 4.79 Å². The molecule has 1 aromatic heterocycles. The second-order valence-electron chi connectivity index (χ2n) is 8.20. The molecule has 8 heteroatoms. The molecule has 1 aliphatic heterocycles. The van der Waals surface area contributed by atoms with Crippen molar-refractivity contribution in [1.29, 1.82) is 0 Å². The lowest BCUT2D eigenvalue weighted by atomic mass is 10.1.